The van der Waals surface area contributed by atoms with Crippen LogP contribution < -0.4 is 25.7 Å². The Balaban J connectivity index is 1.70. The summed E-state index contributed by atoms with van der Waals surface area (Å²) in [7, 11) is 2.91. The molecule has 1 unspecified atom stereocenters. The predicted molar refractivity (Wildman–Crippen MR) is 110 cm³/mol. The number of nitrogens with one attached hydrogen (secondary N) is 2. The first-order chi connectivity index (χ1) is 15.1. The van der Waals surface area contributed by atoms with Crippen LogP contribution in [0.15, 0.2) is 41.6 Å². The number of hydrogen-bond donors (Lipinski definition) is 2. The minimum absolute atomic E-state index is 0.138. The van der Waals surface area contributed by atoms with Crippen LogP contribution in [0.2, 0.25) is 0 Å². The molecule has 31 heavy (non-hydrogen) atoms. The third kappa shape index (κ3) is 4.21. The minimum Gasteiger partial charge on any atom is -0.481 e. The van der Waals surface area contributed by atoms with E-state index in [0.29, 0.717) is 42.7 Å². The molecule has 160 valence electrons. The van der Waals surface area contributed by atoms with E-state index in [4.69, 9.17) is 9.47 Å². The van der Waals surface area contributed by atoms with Crippen molar-refractivity contribution >= 4 is 5.91 Å². The van der Waals surface area contributed by atoms with Crippen LogP contribution in [0.5, 0.6) is 11.8 Å². The molecule has 1 aliphatic rings. The highest BCUT2D eigenvalue weighted by atomic mass is 16.5. The zero-order valence-corrected chi connectivity index (χ0v) is 17.0. The molecule has 0 fully saturated rings. The Morgan fingerprint density at radius 1 is 1.19 bits per heavy atom. The largest absolute Gasteiger partial charge is 0.481 e. The summed E-state index contributed by atoms with van der Waals surface area (Å²) >= 11 is 0. The van der Waals surface area contributed by atoms with Crippen molar-refractivity contribution in [1.82, 2.24) is 35.1 Å². The van der Waals surface area contributed by atoms with Gasteiger partial charge in [-0.25, -0.2) is 15.0 Å². The highest BCUT2D eigenvalue weighted by Crippen LogP contribution is 2.22. The Labute approximate surface area is 177 Å². The summed E-state index contributed by atoms with van der Waals surface area (Å²) in [5.41, 5.74) is 0.973. The molecule has 0 saturated heterocycles. The Bertz CT molecular complexity index is 1150. The van der Waals surface area contributed by atoms with Crippen molar-refractivity contribution in [1.29, 1.82) is 0 Å². The SMILES string of the molecule is COc1ccc(C(=O)NC2CNCCn3c2nc(-c2ccncn2)cc3=O)c(OC)n1. The van der Waals surface area contributed by atoms with Gasteiger partial charge in [0.25, 0.3) is 11.5 Å². The van der Waals surface area contributed by atoms with Crippen LogP contribution in [0.3, 0.4) is 0 Å². The third-order valence-electron chi connectivity index (χ3n) is 4.84. The van der Waals surface area contributed by atoms with Crippen molar-refractivity contribution in [3.8, 4) is 23.1 Å². The van der Waals surface area contributed by atoms with Crippen LogP contribution in [0, 0.1) is 0 Å². The summed E-state index contributed by atoms with van der Waals surface area (Å²) in [6, 6.07) is 5.70. The van der Waals surface area contributed by atoms with Crippen molar-refractivity contribution in [2.45, 2.75) is 12.6 Å². The normalized spacial score (nSPS) is 15.5. The standard InChI is InChI=1S/C20H21N7O4/c1-30-16-4-3-12(20(26-16)31-2)19(29)25-15-10-21-7-8-27-17(28)9-14(24-18(15)27)13-5-6-22-11-23-13/h3-6,9,11,15,21H,7-8,10H2,1-2H3,(H,25,29). The van der Waals surface area contributed by atoms with Gasteiger partial charge >= 0.3 is 0 Å². The Hall–Kier alpha value is -3.86. The van der Waals surface area contributed by atoms with Gasteiger partial charge in [-0.3, -0.25) is 14.2 Å². The molecule has 1 atom stereocenters. The molecule has 3 aromatic rings. The van der Waals surface area contributed by atoms with E-state index >= 15 is 0 Å². The van der Waals surface area contributed by atoms with Crippen LogP contribution in [0.25, 0.3) is 11.4 Å². The number of nitrogens with zero attached hydrogens (tertiary/aromatic N) is 5. The van der Waals surface area contributed by atoms with Crippen molar-refractivity contribution in [3.63, 3.8) is 0 Å². The van der Waals surface area contributed by atoms with E-state index in [-0.39, 0.29) is 17.0 Å². The van der Waals surface area contributed by atoms with Crippen LogP contribution in [-0.4, -0.2) is 57.7 Å². The molecule has 0 bridgehead atoms. The van der Waals surface area contributed by atoms with Gasteiger partial charge in [0.1, 0.15) is 17.7 Å². The average molecular weight is 423 g/mol. The predicted octanol–water partition coefficient (Wildman–Crippen LogP) is 0.187. The maximum Gasteiger partial charge on any atom is 0.257 e. The molecule has 0 aromatic carbocycles. The van der Waals surface area contributed by atoms with Crippen molar-refractivity contribution in [2.75, 3.05) is 27.3 Å². The van der Waals surface area contributed by atoms with E-state index in [9.17, 15) is 9.59 Å². The van der Waals surface area contributed by atoms with E-state index in [1.165, 1.54) is 26.6 Å². The molecule has 0 spiro atoms. The number of ether oxygens (including phenoxy) is 2. The first-order valence-electron chi connectivity index (χ1n) is 9.59. The number of aromatic nitrogens is 5. The van der Waals surface area contributed by atoms with E-state index in [1.807, 2.05) is 0 Å². The lowest BCUT2D eigenvalue weighted by atomic mass is 10.2. The molecule has 3 aromatic heterocycles. The minimum atomic E-state index is -0.559. The molecule has 11 heteroatoms. The second-order valence-corrected chi connectivity index (χ2v) is 6.72. The van der Waals surface area contributed by atoms with Gasteiger partial charge in [-0.2, -0.15) is 4.98 Å². The summed E-state index contributed by atoms with van der Waals surface area (Å²) in [5.74, 6) is 0.505. The lowest BCUT2D eigenvalue weighted by Gasteiger charge is -2.20. The monoisotopic (exact) mass is 423 g/mol. The summed E-state index contributed by atoms with van der Waals surface area (Å²) in [4.78, 5) is 42.7. The van der Waals surface area contributed by atoms with Crippen LogP contribution in [0.4, 0.5) is 0 Å². The number of carbonyl (C=O) groups excluding carboxylic acids is 1. The fraction of sp³-hybridized carbons (Fsp3) is 0.300. The molecule has 4 rings (SSSR count). The number of amides is 1. The highest BCUT2D eigenvalue weighted by molar-refractivity contribution is 5.96. The lowest BCUT2D eigenvalue weighted by molar-refractivity contribution is 0.0930. The van der Waals surface area contributed by atoms with Crippen LogP contribution in [0.1, 0.15) is 22.2 Å². The summed E-state index contributed by atoms with van der Waals surface area (Å²) in [6.07, 6.45) is 2.97. The van der Waals surface area contributed by atoms with Gasteiger partial charge in [0.15, 0.2) is 0 Å². The van der Waals surface area contributed by atoms with Crippen molar-refractivity contribution < 1.29 is 14.3 Å². The summed E-state index contributed by atoms with van der Waals surface area (Å²) < 4.78 is 11.9. The summed E-state index contributed by atoms with van der Waals surface area (Å²) in [5, 5.41) is 6.16. The maximum absolute atomic E-state index is 13.0. The molecule has 1 amide bonds. The highest BCUT2D eigenvalue weighted by Gasteiger charge is 2.26. The number of hydrogen-bond acceptors (Lipinski definition) is 9. The zero-order chi connectivity index (χ0) is 21.8. The quantitative estimate of drug-likeness (QED) is 0.590. The first kappa shape index (κ1) is 20.4. The molecule has 0 saturated carbocycles. The Kier molecular flexibility index (Phi) is 5.85. The maximum atomic E-state index is 13.0. The number of methoxy groups -OCH3 is 2. The van der Waals surface area contributed by atoms with Gasteiger partial charge in [-0.15, -0.1) is 0 Å². The van der Waals surface area contributed by atoms with Gasteiger partial charge < -0.3 is 20.1 Å². The van der Waals surface area contributed by atoms with Crippen LogP contribution in [-0.2, 0) is 6.54 Å². The molecule has 1 aliphatic heterocycles. The first-order valence-corrected chi connectivity index (χ1v) is 9.59. The molecular formula is C20H21N7O4. The molecule has 0 radical (unpaired) electrons. The van der Waals surface area contributed by atoms with E-state index < -0.39 is 11.9 Å². The number of pyridine rings is 1. The zero-order valence-electron chi connectivity index (χ0n) is 17.0. The second-order valence-electron chi connectivity index (χ2n) is 6.72. The van der Waals surface area contributed by atoms with Gasteiger partial charge in [0.05, 0.1) is 31.6 Å². The topological polar surface area (TPSA) is 133 Å². The van der Waals surface area contributed by atoms with Crippen molar-refractivity contribution in [3.05, 3.63) is 58.5 Å². The number of fused-ring (bicyclic) bond motifs is 1. The fourth-order valence-electron chi connectivity index (χ4n) is 3.33. The van der Waals surface area contributed by atoms with E-state index in [0.717, 1.165) is 0 Å². The Morgan fingerprint density at radius 2 is 2.06 bits per heavy atom. The Morgan fingerprint density at radius 3 is 2.81 bits per heavy atom. The molecule has 2 N–H and O–H groups in total. The lowest BCUT2D eigenvalue weighted by Crippen LogP contribution is -2.37. The third-order valence-corrected chi connectivity index (χ3v) is 4.84. The van der Waals surface area contributed by atoms with Gasteiger partial charge in [0.2, 0.25) is 11.8 Å². The average Bonchev–Trinajstić information content (AvgIpc) is 3.01. The van der Waals surface area contributed by atoms with Crippen molar-refractivity contribution in [2.24, 2.45) is 0 Å². The van der Waals surface area contributed by atoms with Gasteiger partial charge in [-0.05, 0) is 12.1 Å². The molecule has 4 heterocycles. The molecular weight excluding hydrogens is 402 g/mol. The number of carbonyl (C=O) groups is 1. The number of rotatable bonds is 5. The summed E-state index contributed by atoms with van der Waals surface area (Å²) in [6.45, 7) is 1.41. The van der Waals surface area contributed by atoms with Crippen LogP contribution >= 0.6 is 0 Å². The van der Waals surface area contributed by atoms with Gasteiger partial charge in [0, 0.05) is 38.0 Å². The van der Waals surface area contributed by atoms with E-state index in [1.54, 1.807) is 29.0 Å². The second kappa shape index (κ2) is 8.88. The smallest absolute Gasteiger partial charge is 0.257 e. The molecule has 11 nitrogen and oxygen atoms in total. The fourth-order valence-corrected chi connectivity index (χ4v) is 3.33. The molecule has 0 aliphatic carbocycles. The van der Waals surface area contributed by atoms with Gasteiger partial charge in [-0.1, -0.05) is 0 Å². The van der Waals surface area contributed by atoms with E-state index in [2.05, 4.69) is 30.6 Å².